The van der Waals surface area contributed by atoms with Crippen LogP contribution < -0.4 is 0 Å². The maximum atomic E-state index is 11.9. The molecule has 0 unspecified atom stereocenters. The van der Waals surface area contributed by atoms with Crippen LogP contribution in [0.2, 0.25) is 0 Å². The Morgan fingerprint density at radius 2 is 2.47 bits per heavy atom. The molecule has 5 heteroatoms. The number of furan rings is 1. The van der Waals surface area contributed by atoms with Crippen molar-refractivity contribution in [1.29, 1.82) is 0 Å². The zero-order chi connectivity index (χ0) is 12.3. The predicted octanol–water partition coefficient (Wildman–Crippen LogP) is 2.04. The molecule has 4 nitrogen and oxygen atoms in total. The van der Waals surface area contributed by atoms with Gasteiger partial charge in [0.15, 0.2) is 4.67 Å². The largest absolute Gasteiger partial charge is 0.450 e. The van der Waals surface area contributed by atoms with Crippen molar-refractivity contribution < 1.29 is 14.3 Å². The summed E-state index contributed by atoms with van der Waals surface area (Å²) in [5.74, 6) is 0.555. The number of aliphatic hydroxyl groups is 1. The molecular weight excluding hydrogens is 286 g/mol. The fourth-order valence-electron chi connectivity index (χ4n) is 1.98. The molecule has 1 atom stereocenters. The Kier molecular flexibility index (Phi) is 4.02. The van der Waals surface area contributed by atoms with Crippen molar-refractivity contribution in [3.63, 3.8) is 0 Å². The first-order valence-corrected chi connectivity index (χ1v) is 6.35. The summed E-state index contributed by atoms with van der Waals surface area (Å²) >= 11 is 3.20. The highest BCUT2D eigenvalue weighted by Gasteiger charge is 2.26. The lowest BCUT2D eigenvalue weighted by Crippen LogP contribution is -2.36. The van der Waals surface area contributed by atoms with Crippen molar-refractivity contribution in [2.75, 3.05) is 13.2 Å². The predicted molar refractivity (Wildman–Crippen MR) is 67.3 cm³/mol. The Hall–Kier alpha value is -1.07. The first-order valence-electron chi connectivity index (χ1n) is 5.55. The minimum Gasteiger partial charge on any atom is -0.450 e. The van der Waals surface area contributed by atoms with Gasteiger partial charge in [-0.25, -0.2) is 0 Å². The molecule has 0 spiro atoms. The lowest BCUT2D eigenvalue weighted by atomic mass is 10.2. The average Bonchev–Trinajstić information content (AvgIpc) is 2.94. The van der Waals surface area contributed by atoms with Gasteiger partial charge in [0, 0.05) is 12.6 Å². The second-order valence-electron chi connectivity index (χ2n) is 3.99. The molecule has 2 heterocycles. The summed E-state index contributed by atoms with van der Waals surface area (Å²) in [4.78, 5) is 13.6. The first kappa shape index (κ1) is 12.4. The summed E-state index contributed by atoms with van der Waals surface area (Å²) in [6.45, 7) is 0.752. The van der Waals surface area contributed by atoms with Gasteiger partial charge in [0.2, 0.25) is 5.91 Å². The molecular formula is C12H14BrNO3. The number of halogens is 1. The van der Waals surface area contributed by atoms with Crippen LogP contribution in [0.5, 0.6) is 0 Å². The summed E-state index contributed by atoms with van der Waals surface area (Å²) in [7, 11) is 0. The highest BCUT2D eigenvalue weighted by atomic mass is 79.9. The van der Waals surface area contributed by atoms with Crippen molar-refractivity contribution >= 4 is 27.9 Å². The second kappa shape index (κ2) is 5.51. The third kappa shape index (κ3) is 2.98. The monoisotopic (exact) mass is 299 g/mol. The van der Waals surface area contributed by atoms with E-state index >= 15 is 0 Å². The fraction of sp³-hybridized carbons (Fsp3) is 0.417. The summed E-state index contributed by atoms with van der Waals surface area (Å²) in [5.41, 5.74) is 0. The van der Waals surface area contributed by atoms with Crippen LogP contribution in [0.4, 0.5) is 0 Å². The molecule has 17 heavy (non-hydrogen) atoms. The summed E-state index contributed by atoms with van der Waals surface area (Å²) in [6.07, 6.45) is 4.96. The molecule has 1 aromatic heterocycles. The van der Waals surface area contributed by atoms with E-state index < -0.39 is 0 Å². The lowest BCUT2D eigenvalue weighted by molar-refractivity contribution is -0.127. The molecule has 0 aliphatic carbocycles. The molecule has 1 saturated heterocycles. The summed E-state index contributed by atoms with van der Waals surface area (Å²) in [6, 6.07) is 3.52. The third-order valence-corrected chi connectivity index (χ3v) is 3.28. The Labute approximate surface area is 108 Å². The average molecular weight is 300 g/mol. The van der Waals surface area contributed by atoms with Crippen LogP contribution in [0.25, 0.3) is 6.08 Å². The van der Waals surface area contributed by atoms with E-state index in [4.69, 9.17) is 9.52 Å². The van der Waals surface area contributed by atoms with E-state index in [1.807, 2.05) is 0 Å². The molecule has 2 rings (SSSR count). The van der Waals surface area contributed by atoms with Crippen molar-refractivity contribution in [2.45, 2.75) is 18.9 Å². The summed E-state index contributed by atoms with van der Waals surface area (Å²) in [5, 5.41) is 9.13. The third-order valence-electron chi connectivity index (χ3n) is 2.86. The van der Waals surface area contributed by atoms with Gasteiger partial charge in [0.1, 0.15) is 5.76 Å². The number of amides is 1. The molecule has 0 radical (unpaired) electrons. The number of nitrogens with zero attached hydrogens (tertiary/aromatic N) is 1. The highest BCUT2D eigenvalue weighted by molar-refractivity contribution is 9.10. The molecule has 0 bridgehead atoms. The van der Waals surface area contributed by atoms with Gasteiger partial charge in [-0.1, -0.05) is 0 Å². The maximum Gasteiger partial charge on any atom is 0.247 e. The minimum atomic E-state index is -0.0749. The molecule has 1 aliphatic heterocycles. The number of hydrogen-bond acceptors (Lipinski definition) is 3. The number of carbonyl (C=O) groups is 1. The van der Waals surface area contributed by atoms with E-state index in [9.17, 15) is 4.79 Å². The Morgan fingerprint density at radius 3 is 3.12 bits per heavy atom. The fourth-order valence-corrected chi connectivity index (χ4v) is 2.30. The van der Waals surface area contributed by atoms with E-state index in [1.54, 1.807) is 23.1 Å². The van der Waals surface area contributed by atoms with Gasteiger partial charge in [-0.3, -0.25) is 4.79 Å². The van der Waals surface area contributed by atoms with Crippen molar-refractivity contribution in [3.05, 3.63) is 28.6 Å². The van der Waals surface area contributed by atoms with Crippen LogP contribution in [-0.2, 0) is 4.79 Å². The van der Waals surface area contributed by atoms with Gasteiger partial charge in [-0.05, 0) is 47.0 Å². The van der Waals surface area contributed by atoms with Crippen LogP contribution in [0, 0.1) is 0 Å². The molecule has 0 aromatic carbocycles. The highest BCUT2D eigenvalue weighted by Crippen LogP contribution is 2.18. The maximum absolute atomic E-state index is 11.9. The quantitative estimate of drug-likeness (QED) is 0.869. The zero-order valence-corrected chi connectivity index (χ0v) is 10.9. The molecule has 1 aromatic rings. The van der Waals surface area contributed by atoms with E-state index in [2.05, 4.69) is 15.9 Å². The van der Waals surface area contributed by atoms with E-state index in [0.717, 1.165) is 19.4 Å². The molecule has 1 fully saturated rings. The number of aliphatic hydroxyl groups excluding tert-OH is 1. The van der Waals surface area contributed by atoms with Crippen LogP contribution in [0.15, 0.2) is 27.3 Å². The molecule has 1 amide bonds. The number of likely N-dealkylation sites (tertiary alicyclic amines) is 1. The molecule has 92 valence electrons. The van der Waals surface area contributed by atoms with E-state index in [-0.39, 0.29) is 18.6 Å². The molecule has 1 aliphatic rings. The first-order chi connectivity index (χ1) is 8.20. The number of hydrogen-bond donors (Lipinski definition) is 1. The molecule has 1 N–H and O–H groups in total. The van der Waals surface area contributed by atoms with Gasteiger partial charge in [0.25, 0.3) is 0 Å². The standard InChI is InChI=1S/C12H14BrNO3/c13-11-5-3-10(17-11)4-6-12(16)14-7-1-2-9(14)8-15/h3-6,9,15H,1-2,7-8H2/t9-/m0/s1. The van der Waals surface area contributed by atoms with Crippen LogP contribution >= 0.6 is 15.9 Å². The van der Waals surface area contributed by atoms with Gasteiger partial charge in [-0.2, -0.15) is 0 Å². The normalized spacial score (nSPS) is 20.4. The minimum absolute atomic E-state index is 0.0320. The number of rotatable bonds is 3. The van der Waals surface area contributed by atoms with Gasteiger partial charge >= 0.3 is 0 Å². The number of carbonyl (C=O) groups excluding carboxylic acids is 1. The van der Waals surface area contributed by atoms with Crippen molar-refractivity contribution in [1.82, 2.24) is 4.90 Å². The topological polar surface area (TPSA) is 53.7 Å². The second-order valence-corrected chi connectivity index (χ2v) is 4.77. The van der Waals surface area contributed by atoms with Gasteiger partial charge < -0.3 is 14.4 Å². The molecule has 0 saturated carbocycles. The van der Waals surface area contributed by atoms with Crippen LogP contribution in [0.1, 0.15) is 18.6 Å². The Bertz CT molecular complexity index is 427. The lowest BCUT2D eigenvalue weighted by Gasteiger charge is -2.21. The van der Waals surface area contributed by atoms with Crippen molar-refractivity contribution in [3.8, 4) is 0 Å². The summed E-state index contributed by atoms with van der Waals surface area (Å²) < 4.78 is 5.90. The zero-order valence-electron chi connectivity index (χ0n) is 9.30. The smallest absolute Gasteiger partial charge is 0.247 e. The van der Waals surface area contributed by atoms with E-state index in [1.165, 1.54) is 6.08 Å². The van der Waals surface area contributed by atoms with Gasteiger partial charge in [0.05, 0.1) is 12.6 Å². The van der Waals surface area contributed by atoms with Crippen LogP contribution in [0.3, 0.4) is 0 Å². The van der Waals surface area contributed by atoms with Crippen molar-refractivity contribution in [2.24, 2.45) is 0 Å². The van der Waals surface area contributed by atoms with E-state index in [0.29, 0.717) is 10.4 Å². The Morgan fingerprint density at radius 1 is 1.65 bits per heavy atom. The van der Waals surface area contributed by atoms with Gasteiger partial charge in [-0.15, -0.1) is 0 Å². The van der Waals surface area contributed by atoms with Crippen LogP contribution in [-0.4, -0.2) is 35.1 Å². The Balaban J connectivity index is 1.99. The SMILES string of the molecule is O=C(C=Cc1ccc(Br)o1)N1CCC[C@H]1CO.